The molecular weight excluding hydrogens is 324 g/mol. The minimum atomic E-state index is 0.107. The Kier molecular flexibility index (Phi) is 6.16. The minimum absolute atomic E-state index is 0.107. The van der Waals surface area contributed by atoms with E-state index in [4.69, 9.17) is 4.74 Å². The molecule has 3 rings (SSSR count). The van der Waals surface area contributed by atoms with Gasteiger partial charge in [0.15, 0.2) is 0 Å². The zero-order valence-electron chi connectivity index (χ0n) is 15.7. The summed E-state index contributed by atoms with van der Waals surface area (Å²) in [6.07, 6.45) is 1.80. The lowest BCUT2D eigenvalue weighted by atomic mass is 9.95. The topological polar surface area (TPSA) is 41.6 Å². The predicted octanol–water partition coefficient (Wildman–Crippen LogP) is 3.72. The number of hydrogen-bond donors (Lipinski definition) is 1. The Labute approximate surface area is 156 Å². The van der Waals surface area contributed by atoms with Gasteiger partial charge in [-0.2, -0.15) is 0 Å². The van der Waals surface area contributed by atoms with E-state index < -0.39 is 0 Å². The summed E-state index contributed by atoms with van der Waals surface area (Å²) in [6.45, 7) is 7.06. The van der Waals surface area contributed by atoms with E-state index in [0.29, 0.717) is 13.2 Å². The van der Waals surface area contributed by atoms with E-state index in [9.17, 15) is 4.79 Å². The van der Waals surface area contributed by atoms with Crippen molar-refractivity contribution in [2.75, 3.05) is 31.1 Å². The molecule has 0 unspecified atom stereocenters. The third-order valence-corrected chi connectivity index (χ3v) is 4.96. The van der Waals surface area contributed by atoms with E-state index >= 15 is 0 Å². The van der Waals surface area contributed by atoms with E-state index in [1.807, 2.05) is 31.2 Å². The fourth-order valence-corrected chi connectivity index (χ4v) is 3.28. The lowest BCUT2D eigenvalue weighted by molar-refractivity contribution is -0.125. The zero-order chi connectivity index (χ0) is 18.4. The number of aryl methyl sites for hydroxylation is 2. The first-order valence-corrected chi connectivity index (χ1v) is 9.40. The number of ether oxygens (including phenoxy) is 1. The van der Waals surface area contributed by atoms with Gasteiger partial charge in [-0.3, -0.25) is 4.79 Å². The van der Waals surface area contributed by atoms with Gasteiger partial charge in [-0.1, -0.05) is 35.4 Å². The van der Waals surface area contributed by atoms with Gasteiger partial charge in [-0.25, -0.2) is 0 Å². The van der Waals surface area contributed by atoms with Gasteiger partial charge in [-0.15, -0.1) is 0 Å². The quantitative estimate of drug-likeness (QED) is 0.806. The van der Waals surface area contributed by atoms with E-state index in [2.05, 4.69) is 41.4 Å². The standard InChI is InChI=1S/C22H28N2O2/c1-17-3-7-20(8-4-17)24-14-11-19(12-15-24)22(25)23-13-16-26-21-9-5-18(2)6-10-21/h3-10,19H,11-16H2,1-2H3,(H,23,25). The van der Waals surface area contributed by atoms with Crippen LogP contribution in [0.25, 0.3) is 0 Å². The number of carbonyl (C=O) groups is 1. The number of rotatable bonds is 6. The molecule has 138 valence electrons. The van der Waals surface area contributed by atoms with Gasteiger partial charge in [-0.05, 0) is 51.0 Å². The van der Waals surface area contributed by atoms with E-state index in [0.717, 1.165) is 31.7 Å². The molecule has 0 aliphatic carbocycles. The molecule has 0 aromatic heterocycles. The van der Waals surface area contributed by atoms with Crippen LogP contribution in [-0.4, -0.2) is 32.1 Å². The Morgan fingerprint density at radius 3 is 2.19 bits per heavy atom. The first kappa shape index (κ1) is 18.3. The van der Waals surface area contributed by atoms with Crippen LogP contribution in [0.1, 0.15) is 24.0 Å². The number of anilines is 1. The van der Waals surface area contributed by atoms with Gasteiger partial charge in [0.1, 0.15) is 12.4 Å². The molecule has 1 N–H and O–H groups in total. The molecule has 4 heteroatoms. The van der Waals surface area contributed by atoms with Crippen molar-refractivity contribution in [3.63, 3.8) is 0 Å². The summed E-state index contributed by atoms with van der Waals surface area (Å²) >= 11 is 0. The molecule has 0 spiro atoms. The smallest absolute Gasteiger partial charge is 0.223 e. The van der Waals surface area contributed by atoms with Crippen LogP contribution in [0.15, 0.2) is 48.5 Å². The van der Waals surface area contributed by atoms with E-state index in [-0.39, 0.29) is 11.8 Å². The van der Waals surface area contributed by atoms with Crippen LogP contribution in [0.3, 0.4) is 0 Å². The van der Waals surface area contributed by atoms with Crippen LogP contribution < -0.4 is 15.0 Å². The summed E-state index contributed by atoms with van der Waals surface area (Å²) in [4.78, 5) is 14.7. The number of hydrogen-bond acceptors (Lipinski definition) is 3. The van der Waals surface area contributed by atoms with Crippen molar-refractivity contribution in [1.29, 1.82) is 0 Å². The van der Waals surface area contributed by atoms with Crippen LogP contribution >= 0.6 is 0 Å². The SMILES string of the molecule is Cc1ccc(OCCNC(=O)C2CCN(c3ccc(C)cc3)CC2)cc1. The van der Waals surface area contributed by atoms with E-state index in [1.165, 1.54) is 16.8 Å². The predicted molar refractivity (Wildman–Crippen MR) is 106 cm³/mol. The summed E-state index contributed by atoms with van der Waals surface area (Å²) in [7, 11) is 0. The average Bonchev–Trinajstić information content (AvgIpc) is 2.67. The first-order chi connectivity index (χ1) is 12.6. The molecule has 2 aromatic rings. The number of amides is 1. The van der Waals surface area contributed by atoms with Crippen molar-refractivity contribution in [3.8, 4) is 5.75 Å². The Bertz CT molecular complexity index is 702. The van der Waals surface area contributed by atoms with Crippen molar-refractivity contribution in [3.05, 3.63) is 59.7 Å². The maximum Gasteiger partial charge on any atom is 0.223 e. The van der Waals surface area contributed by atoms with Crippen molar-refractivity contribution in [2.45, 2.75) is 26.7 Å². The van der Waals surface area contributed by atoms with Gasteiger partial charge in [0, 0.05) is 24.7 Å². The van der Waals surface area contributed by atoms with Crippen LogP contribution in [0, 0.1) is 19.8 Å². The second-order valence-corrected chi connectivity index (χ2v) is 7.05. The highest BCUT2D eigenvalue weighted by atomic mass is 16.5. The van der Waals surface area contributed by atoms with E-state index in [1.54, 1.807) is 0 Å². The second-order valence-electron chi connectivity index (χ2n) is 7.05. The normalized spacial score (nSPS) is 14.9. The zero-order valence-corrected chi connectivity index (χ0v) is 15.7. The lowest BCUT2D eigenvalue weighted by Crippen LogP contribution is -2.41. The Balaban J connectivity index is 1.37. The van der Waals surface area contributed by atoms with Crippen molar-refractivity contribution < 1.29 is 9.53 Å². The Hall–Kier alpha value is -2.49. The molecule has 0 saturated carbocycles. The average molecular weight is 352 g/mol. The number of benzene rings is 2. The minimum Gasteiger partial charge on any atom is -0.492 e. The largest absolute Gasteiger partial charge is 0.492 e. The summed E-state index contributed by atoms with van der Waals surface area (Å²) < 4.78 is 5.66. The molecule has 1 heterocycles. The summed E-state index contributed by atoms with van der Waals surface area (Å²) in [5.74, 6) is 1.10. The Morgan fingerprint density at radius 1 is 1.00 bits per heavy atom. The van der Waals surface area contributed by atoms with Gasteiger partial charge < -0.3 is 15.0 Å². The number of carbonyl (C=O) groups excluding carboxylic acids is 1. The van der Waals surface area contributed by atoms with Crippen LogP contribution in [0.5, 0.6) is 5.75 Å². The number of nitrogens with zero attached hydrogens (tertiary/aromatic N) is 1. The number of nitrogens with one attached hydrogen (secondary N) is 1. The molecule has 1 aliphatic heterocycles. The van der Waals surface area contributed by atoms with Crippen molar-refractivity contribution in [1.82, 2.24) is 5.32 Å². The maximum absolute atomic E-state index is 12.4. The molecule has 0 radical (unpaired) electrons. The van der Waals surface area contributed by atoms with Crippen LogP contribution in [0.4, 0.5) is 5.69 Å². The summed E-state index contributed by atoms with van der Waals surface area (Å²) in [6, 6.07) is 16.6. The molecule has 1 fully saturated rings. The third-order valence-electron chi connectivity index (χ3n) is 4.96. The molecule has 1 saturated heterocycles. The summed E-state index contributed by atoms with van der Waals surface area (Å²) in [5, 5.41) is 3.01. The highest BCUT2D eigenvalue weighted by Gasteiger charge is 2.24. The molecule has 26 heavy (non-hydrogen) atoms. The molecular formula is C22H28N2O2. The monoisotopic (exact) mass is 352 g/mol. The van der Waals surface area contributed by atoms with Gasteiger partial charge in [0.2, 0.25) is 5.91 Å². The molecule has 4 nitrogen and oxygen atoms in total. The lowest BCUT2D eigenvalue weighted by Gasteiger charge is -2.33. The highest BCUT2D eigenvalue weighted by Crippen LogP contribution is 2.23. The van der Waals surface area contributed by atoms with Gasteiger partial charge in [0.25, 0.3) is 0 Å². The first-order valence-electron chi connectivity index (χ1n) is 9.40. The fourth-order valence-electron chi connectivity index (χ4n) is 3.28. The summed E-state index contributed by atoms with van der Waals surface area (Å²) in [5.41, 5.74) is 3.74. The highest BCUT2D eigenvalue weighted by molar-refractivity contribution is 5.79. The third kappa shape index (κ3) is 5.01. The Morgan fingerprint density at radius 2 is 1.58 bits per heavy atom. The van der Waals surface area contributed by atoms with Crippen molar-refractivity contribution in [2.24, 2.45) is 5.92 Å². The second kappa shape index (κ2) is 8.75. The van der Waals surface area contributed by atoms with Crippen LogP contribution in [0.2, 0.25) is 0 Å². The van der Waals surface area contributed by atoms with Crippen molar-refractivity contribution >= 4 is 11.6 Å². The molecule has 2 aromatic carbocycles. The number of piperidine rings is 1. The molecule has 0 atom stereocenters. The maximum atomic E-state index is 12.4. The van der Waals surface area contributed by atoms with Gasteiger partial charge >= 0.3 is 0 Å². The van der Waals surface area contributed by atoms with Gasteiger partial charge in [0.05, 0.1) is 6.54 Å². The molecule has 1 aliphatic rings. The van der Waals surface area contributed by atoms with Crippen LogP contribution in [-0.2, 0) is 4.79 Å². The molecule has 0 bridgehead atoms. The fraction of sp³-hybridized carbons (Fsp3) is 0.409. The molecule has 1 amide bonds.